The summed E-state index contributed by atoms with van der Waals surface area (Å²) in [5, 5.41) is 11.8. The molecule has 3 nitrogen and oxygen atoms in total. The fourth-order valence-electron chi connectivity index (χ4n) is 1.75. The molecule has 1 aromatic carbocycles. The number of carboxylic acid groups (broad SMARTS) is 1. The molecule has 0 aliphatic heterocycles. The molecule has 1 unspecified atom stereocenters. The Bertz CT molecular complexity index is 426. The number of rotatable bonds is 8. The molecule has 0 radical (unpaired) electrons. The Morgan fingerprint density at radius 1 is 1.47 bits per heavy atom. The van der Waals surface area contributed by atoms with E-state index < -0.39 is 5.97 Å². The van der Waals surface area contributed by atoms with E-state index in [2.05, 4.69) is 21.2 Å². The van der Waals surface area contributed by atoms with Gasteiger partial charge in [0.25, 0.3) is 0 Å². The lowest BCUT2D eigenvalue weighted by Crippen LogP contribution is -2.18. The van der Waals surface area contributed by atoms with Gasteiger partial charge in [0.05, 0.1) is 0 Å². The zero-order valence-electron chi connectivity index (χ0n) is 11.0. The van der Waals surface area contributed by atoms with E-state index >= 15 is 0 Å². The first-order valence-corrected chi connectivity index (χ1v) is 7.14. The Kier molecular flexibility index (Phi) is 7.02. The number of carboxylic acids is 1. The van der Waals surface area contributed by atoms with Gasteiger partial charge in [-0.2, -0.15) is 0 Å². The summed E-state index contributed by atoms with van der Waals surface area (Å²) in [6.45, 7) is 3.28. The summed E-state index contributed by atoms with van der Waals surface area (Å²) in [6, 6.07) is 5.02. The van der Waals surface area contributed by atoms with Crippen LogP contribution in [0.4, 0.5) is 4.39 Å². The molecule has 0 spiro atoms. The maximum atomic E-state index is 13.5. The molecule has 19 heavy (non-hydrogen) atoms. The molecule has 2 N–H and O–H groups in total. The molecule has 0 aliphatic carbocycles. The topological polar surface area (TPSA) is 49.3 Å². The van der Waals surface area contributed by atoms with E-state index in [1.54, 1.807) is 6.07 Å². The third-order valence-electron chi connectivity index (χ3n) is 3.00. The van der Waals surface area contributed by atoms with Crippen LogP contribution in [-0.2, 0) is 11.3 Å². The first-order valence-electron chi connectivity index (χ1n) is 6.35. The molecule has 0 saturated carbocycles. The quantitative estimate of drug-likeness (QED) is 0.716. The van der Waals surface area contributed by atoms with E-state index in [0.29, 0.717) is 24.4 Å². The number of hydrogen-bond acceptors (Lipinski definition) is 2. The molecular weight excluding hydrogens is 313 g/mol. The molecule has 0 bridgehead atoms. The SMILES string of the molecule is CC(CCNCc1ccc(Br)cc1F)CCC(=O)O. The summed E-state index contributed by atoms with van der Waals surface area (Å²) in [5.41, 5.74) is 0.640. The van der Waals surface area contributed by atoms with Gasteiger partial charge in [0.2, 0.25) is 0 Å². The summed E-state index contributed by atoms with van der Waals surface area (Å²) in [5.74, 6) is -0.615. The van der Waals surface area contributed by atoms with Gasteiger partial charge in [0, 0.05) is 23.0 Å². The fraction of sp³-hybridized carbons (Fsp3) is 0.500. The standard InChI is InChI=1S/C14H19BrFNO2/c1-10(2-5-14(18)19)6-7-17-9-11-3-4-12(15)8-13(11)16/h3-4,8,10,17H,2,5-7,9H2,1H3,(H,18,19). The lowest BCUT2D eigenvalue weighted by Gasteiger charge is -2.11. The largest absolute Gasteiger partial charge is 0.481 e. The highest BCUT2D eigenvalue weighted by atomic mass is 79.9. The van der Waals surface area contributed by atoms with E-state index in [4.69, 9.17) is 5.11 Å². The molecule has 5 heteroatoms. The van der Waals surface area contributed by atoms with E-state index in [-0.39, 0.29) is 12.2 Å². The van der Waals surface area contributed by atoms with Crippen molar-refractivity contribution < 1.29 is 14.3 Å². The third kappa shape index (κ3) is 6.68. The molecule has 1 atom stereocenters. The Labute approximate surface area is 121 Å². The molecule has 1 aromatic rings. The van der Waals surface area contributed by atoms with Crippen LogP contribution in [0.5, 0.6) is 0 Å². The van der Waals surface area contributed by atoms with Crippen LogP contribution in [-0.4, -0.2) is 17.6 Å². The van der Waals surface area contributed by atoms with Gasteiger partial charge in [-0.3, -0.25) is 4.79 Å². The van der Waals surface area contributed by atoms with Crippen LogP contribution in [0, 0.1) is 11.7 Å². The molecule has 1 rings (SSSR count). The van der Waals surface area contributed by atoms with Crippen molar-refractivity contribution in [1.29, 1.82) is 0 Å². The van der Waals surface area contributed by atoms with E-state index in [1.807, 2.05) is 13.0 Å². The van der Waals surface area contributed by atoms with Crippen molar-refractivity contribution in [2.24, 2.45) is 5.92 Å². The summed E-state index contributed by atoms with van der Waals surface area (Å²) < 4.78 is 14.2. The summed E-state index contributed by atoms with van der Waals surface area (Å²) in [6.07, 6.45) is 1.79. The second-order valence-electron chi connectivity index (χ2n) is 4.74. The highest BCUT2D eigenvalue weighted by molar-refractivity contribution is 9.10. The maximum Gasteiger partial charge on any atom is 0.303 e. The van der Waals surface area contributed by atoms with Crippen molar-refractivity contribution in [2.45, 2.75) is 32.7 Å². The van der Waals surface area contributed by atoms with Crippen LogP contribution < -0.4 is 5.32 Å². The molecule has 0 saturated heterocycles. The molecular formula is C14H19BrFNO2. The van der Waals surface area contributed by atoms with Crippen molar-refractivity contribution in [3.63, 3.8) is 0 Å². The van der Waals surface area contributed by atoms with Crippen LogP contribution in [0.3, 0.4) is 0 Å². The lowest BCUT2D eigenvalue weighted by atomic mass is 10.0. The average molecular weight is 332 g/mol. The smallest absolute Gasteiger partial charge is 0.303 e. The van der Waals surface area contributed by atoms with Crippen molar-refractivity contribution in [3.8, 4) is 0 Å². The first-order chi connectivity index (χ1) is 8.99. The minimum absolute atomic E-state index is 0.211. The predicted molar refractivity (Wildman–Crippen MR) is 76.5 cm³/mol. The fourth-order valence-corrected chi connectivity index (χ4v) is 2.08. The summed E-state index contributed by atoms with van der Waals surface area (Å²) in [4.78, 5) is 10.4. The third-order valence-corrected chi connectivity index (χ3v) is 3.49. The second-order valence-corrected chi connectivity index (χ2v) is 5.65. The Morgan fingerprint density at radius 3 is 2.84 bits per heavy atom. The second kappa shape index (κ2) is 8.27. The van der Waals surface area contributed by atoms with Crippen LogP contribution in [0.15, 0.2) is 22.7 Å². The number of aliphatic carboxylic acids is 1. The Balaban J connectivity index is 2.21. The van der Waals surface area contributed by atoms with Gasteiger partial charge in [-0.1, -0.05) is 28.9 Å². The molecule has 0 aliphatic rings. The van der Waals surface area contributed by atoms with Gasteiger partial charge < -0.3 is 10.4 Å². The van der Waals surface area contributed by atoms with Gasteiger partial charge in [-0.25, -0.2) is 4.39 Å². The average Bonchev–Trinajstić information content (AvgIpc) is 2.34. The number of nitrogens with one attached hydrogen (secondary N) is 1. The Morgan fingerprint density at radius 2 is 2.21 bits per heavy atom. The van der Waals surface area contributed by atoms with Crippen LogP contribution in [0.2, 0.25) is 0 Å². The van der Waals surface area contributed by atoms with Crippen LogP contribution in [0.25, 0.3) is 0 Å². The van der Waals surface area contributed by atoms with Crippen LogP contribution >= 0.6 is 15.9 Å². The van der Waals surface area contributed by atoms with E-state index in [0.717, 1.165) is 17.4 Å². The molecule has 106 valence electrons. The summed E-state index contributed by atoms with van der Waals surface area (Å²) >= 11 is 3.22. The predicted octanol–water partition coefficient (Wildman–Crippen LogP) is 3.57. The van der Waals surface area contributed by atoms with Gasteiger partial charge in [0.15, 0.2) is 0 Å². The van der Waals surface area contributed by atoms with E-state index in [9.17, 15) is 9.18 Å². The first kappa shape index (κ1) is 16.1. The minimum atomic E-state index is -0.753. The Hall–Kier alpha value is -0.940. The van der Waals surface area contributed by atoms with Crippen molar-refractivity contribution in [2.75, 3.05) is 6.54 Å². The lowest BCUT2D eigenvalue weighted by molar-refractivity contribution is -0.137. The molecule has 0 aromatic heterocycles. The zero-order valence-corrected chi connectivity index (χ0v) is 12.5. The highest BCUT2D eigenvalue weighted by Gasteiger charge is 2.06. The zero-order chi connectivity index (χ0) is 14.3. The number of hydrogen-bond donors (Lipinski definition) is 2. The number of benzene rings is 1. The van der Waals surface area contributed by atoms with E-state index in [1.165, 1.54) is 6.07 Å². The maximum absolute atomic E-state index is 13.5. The monoisotopic (exact) mass is 331 g/mol. The van der Waals surface area contributed by atoms with Gasteiger partial charge in [-0.15, -0.1) is 0 Å². The van der Waals surface area contributed by atoms with Gasteiger partial charge in [0.1, 0.15) is 5.82 Å². The van der Waals surface area contributed by atoms with Gasteiger partial charge in [-0.05, 0) is 37.4 Å². The molecule has 0 amide bonds. The normalized spacial score (nSPS) is 12.4. The minimum Gasteiger partial charge on any atom is -0.481 e. The summed E-state index contributed by atoms with van der Waals surface area (Å²) in [7, 11) is 0. The molecule has 0 fully saturated rings. The van der Waals surface area contributed by atoms with Crippen molar-refractivity contribution in [1.82, 2.24) is 5.32 Å². The van der Waals surface area contributed by atoms with Crippen molar-refractivity contribution in [3.05, 3.63) is 34.1 Å². The van der Waals surface area contributed by atoms with Crippen LogP contribution in [0.1, 0.15) is 31.7 Å². The highest BCUT2D eigenvalue weighted by Crippen LogP contribution is 2.15. The molecule has 0 heterocycles. The number of halogens is 2. The van der Waals surface area contributed by atoms with Crippen molar-refractivity contribution >= 4 is 21.9 Å². The number of carbonyl (C=O) groups is 1. The van der Waals surface area contributed by atoms with Gasteiger partial charge >= 0.3 is 5.97 Å².